The van der Waals surface area contributed by atoms with E-state index in [0.717, 1.165) is 11.1 Å². The third kappa shape index (κ3) is 3.27. The lowest BCUT2D eigenvalue weighted by atomic mass is 10.0. The Morgan fingerprint density at radius 3 is 2.61 bits per heavy atom. The quantitative estimate of drug-likeness (QED) is 0.510. The number of esters is 1. The highest BCUT2D eigenvalue weighted by Crippen LogP contribution is 2.26. The molecule has 0 aliphatic rings. The van der Waals surface area contributed by atoms with Crippen molar-refractivity contribution >= 4 is 17.6 Å². The number of carbonyl (C=O) groups excluding carboxylic acids is 1. The Bertz CT molecular complexity index is 870. The van der Waals surface area contributed by atoms with E-state index in [1.54, 1.807) is 30.3 Å². The summed E-state index contributed by atoms with van der Waals surface area (Å²) in [6.07, 6.45) is 0. The van der Waals surface area contributed by atoms with E-state index in [-0.39, 0.29) is 11.4 Å². The van der Waals surface area contributed by atoms with Crippen LogP contribution in [0.1, 0.15) is 21.6 Å². The molecule has 5 heteroatoms. The summed E-state index contributed by atoms with van der Waals surface area (Å²) < 4.78 is 10.5. The van der Waals surface area contributed by atoms with Crippen LogP contribution in [0.5, 0.6) is 5.75 Å². The van der Waals surface area contributed by atoms with E-state index >= 15 is 0 Å². The Morgan fingerprint density at radius 1 is 1.09 bits per heavy atom. The largest absolute Gasteiger partial charge is 0.420 e. The number of para-hydroxylation sites is 1. The van der Waals surface area contributed by atoms with Crippen molar-refractivity contribution in [2.24, 2.45) is 0 Å². The molecule has 0 saturated heterocycles. The van der Waals surface area contributed by atoms with Crippen molar-refractivity contribution in [3.8, 4) is 17.1 Å². The molecule has 23 heavy (non-hydrogen) atoms. The molecule has 0 aliphatic heterocycles. The molecule has 0 spiro atoms. The highest BCUT2D eigenvalue weighted by atomic mass is 35.5. The molecule has 0 fully saturated rings. The molecule has 3 aromatic rings. The van der Waals surface area contributed by atoms with Gasteiger partial charge in [0.15, 0.2) is 11.5 Å². The van der Waals surface area contributed by atoms with Crippen LogP contribution in [-0.2, 0) is 0 Å². The van der Waals surface area contributed by atoms with E-state index in [4.69, 9.17) is 20.9 Å². The second kappa shape index (κ2) is 6.26. The van der Waals surface area contributed by atoms with Crippen molar-refractivity contribution in [1.29, 1.82) is 0 Å². The van der Waals surface area contributed by atoms with Crippen LogP contribution >= 0.6 is 11.6 Å². The van der Waals surface area contributed by atoms with Gasteiger partial charge in [-0.2, -0.15) is 0 Å². The minimum Gasteiger partial charge on any atom is -0.420 e. The molecule has 116 valence electrons. The summed E-state index contributed by atoms with van der Waals surface area (Å²) in [5.41, 5.74) is 3.28. The van der Waals surface area contributed by atoms with Crippen LogP contribution in [0.2, 0.25) is 5.02 Å². The summed E-state index contributed by atoms with van der Waals surface area (Å²) in [7, 11) is 0. The number of rotatable bonds is 3. The summed E-state index contributed by atoms with van der Waals surface area (Å²) >= 11 is 5.97. The number of aryl methyl sites for hydroxylation is 2. The van der Waals surface area contributed by atoms with Gasteiger partial charge in [0.2, 0.25) is 0 Å². The Labute approximate surface area is 138 Å². The minimum atomic E-state index is -0.614. The monoisotopic (exact) mass is 327 g/mol. The average molecular weight is 328 g/mol. The van der Waals surface area contributed by atoms with Crippen LogP contribution < -0.4 is 4.74 Å². The highest BCUT2D eigenvalue weighted by molar-refractivity contribution is 6.32. The zero-order valence-corrected chi connectivity index (χ0v) is 13.4. The molecule has 0 radical (unpaired) electrons. The van der Waals surface area contributed by atoms with Gasteiger partial charge in [-0.3, -0.25) is 0 Å². The van der Waals surface area contributed by atoms with E-state index in [9.17, 15) is 4.79 Å². The summed E-state index contributed by atoms with van der Waals surface area (Å²) in [6, 6.07) is 14.2. The van der Waals surface area contributed by atoms with Gasteiger partial charge in [0.05, 0.1) is 5.02 Å². The fourth-order valence-electron chi connectivity index (χ4n) is 2.08. The first-order valence-electron chi connectivity index (χ1n) is 7.05. The van der Waals surface area contributed by atoms with E-state index in [1.165, 1.54) is 5.56 Å². The fraction of sp³-hybridized carbons (Fsp3) is 0.111. The zero-order valence-electron chi connectivity index (χ0n) is 12.7. The molecule has 0 unspecified atom stereocenters. The maximum absolute atomic E-state index is 12.1. The number of hydrogen-bond acceptors (Lipinski definition) is 4. The van der Waals surface area contributed by atoms with Crippen molar-refractivity contribution in [1.82, 2.24) is 5.16 Å². The van der Waals surface area contributed by atoms with Crippen LogP contribution in [-0.4, -0.2) is 11.1 Å². The summed E-state index contributed by atoms with van der Waals surface area (Å²) in [4.78, 5) is 12.1. The summed E-state index contributed by atoms with van der Waals surface area (Å²) in [5.74, 6) is 0.186. The van der Waals surface area contributed by atoms with E-state index in [0.29, 0.717) is 10.8 Å². The zero-order chi connectivity index (χ0) is 16.4. The number of aromatic nitrogens is 1. The smallest absolute Gasteiger partial charge is 0.366 e. The van der Waals surface area contributed by atoms with Crippen molar-refractivity contribution in [2.75, 3.05) is 0 Å². The lowest BCUT2D eigenvalue weighted by Crippen LogP contribution is -2.08. The minimum absolute atomic E-state index is 0.0955. The van der Waals surface area contributed by atoms with Gasteiger partial charge in [-0.15, -0.1) is 0 Å². The van der Waals surface area contributed by atoms with Gasteiger partial charge in [-0.1, -0.05) is 41.0 Å². The molecule has 4 nitrogen and oxygen atoms in total. The standard InChI is InChI=1S/C18H14ClNO3/c1-11-7-8-13(9-12(11)2)17-10-15(20-23-17)18(21)22-16-6-4-3-5-14(16)19/h3-10H,1-2H3. The summed E-state index contributed by atoms with van der Waals surface area (Å²) in [6.45, 7) is 4.05. The normalized spacial score (nSPS) is 10.6. The van der Waals surface area contributed by atoms with Gasteiger partial charge in [-0.25, -0.2) is 4.79 Å². The van der Waals surface area contributed by atoms with Crippen molar-refractivity contribution < 1.29 is 14.1 Å². The third-order valence-corrected chi connectivity index (χ3v) is 3.86. The molecule has 3 rings (SSSR count). The molecule has 0 amide bonds. The number of ether oxygens (including phenoxy) is 1. The SMILES string of the molecule is Cc1ccc(-c2cc(C(=O)Oc3ccccc3Cl)no2)cc1C. The predicted molar refractivity (Wildman–Crippen MR) is 87.8 cm³/mol. The van der Waals surface area contributed by atoms with Crippen LogP contribution in [0.15, 0.2) is 53.1 Å². The first-order valence-corrected chi connectivity index (χ1v) is 7.43. The van der Waals surface area contributed by atoms with Gasteiger partial charge >= 0.3 is 5.97 Å². The van der Waals surface area contributed by atoms with Gasteiger partial charge in [0, 0.05) is 11.6 Å². The molecule has 0 saturated carbocycles. The summed E-state index contributed by atoms with van der Waals surface area (Å²) in [5, 5.41) is 4.14. The van der Waals surface area contributed by atoms with E-state index in [1.807, 2.05) is 32.0 Å². The molecule has 0 atom stereocenters. The molecular formula is C18H14ClNO3. The van der Waals surface area contributed by atoms with Crippen LogP contribution in [0.3, 0.4) is 0 Å². The predicted octanol–water partition coefficient (Wildman–Crippen LogP) is 4.83. The number of benzene rings is 2. The number of hydrogen-bond donors (Lipinski definition) is 0. The molecule has 1 heterocycles. The Morgan fingerprint density at radius 2 is 1.87 bits per heavy atom. The third-order valence-electron chi connectivity index (χ3n) is 3.55. The van der Waals surface area contributed by atoms with E-state index in [2.05, 4.69) is 5.16 Å². The highest BCUT2D eigenvalue weighted by Gasteiger charge is 2.17. The topological polar surface area (TPSA) is 52.3 Å². The Hall–Kier alpha value is -2.59. The molecule has 0 aliphatic carbocycles. The molecule has 2 aromatic carbocycles. The number of halogens is 1. The number of nitrogens with zero attached hydrogens (tertiary/aromatic N) is 1. The Balaban J connectivity index is 1.82. The fourth-order valence-corrected chi connectivity index (χ4v) is 2.26. The second-order valence-corrected chi connectivity index (χ2v) is 5.60. The molecule has 0 bridgehead atoms. The average Bonchev–Trinajstić information content (AvgIpc) is 3.02. The lowest BCUT2D eigenvalue weighted by Gasteiger charge is -2.03. The van der Waals surface area contributed by atoms with Gasteiger partial charge in [0.25, 0.3) is 0 Å². The maximum atomic E-state index is 12.1. The van der Waals surface area contributed by atoms with Gasteiger partial charge < -0.3 is 9.26 Å². The van der Waals surface area contributed by atoms with Crippen LogP contribution in [0.4, 0.5) is 0 Å². The molecule has 0 N–H and O–H groups in total. The first-order chi connectivity index (χ1) is 11.0. The maximum Gasteiger partial charge on any atom is 0.366 e. The van der Waals surface area contributed by atoms with Crippen molar-refractivity contribution in [3.63, 3.8) is 0 Å². The van der Waals surface area contributed by atoms with Gasteiger partial charge in [-0.05, 0) is 43.2 Å². The van der Waals surface area contributed by atoms with Crippen molar-refractivity contribution in [2.45, 2.75) is 13.8 Å². The van der Waals surface area contributed by atoms with Crippen LogP contribution in [0.25, 0.3) is 11.3 Å². The van der Waals surface area contributed by atoms with Crippen molar-refractivity contribution in [3.05, 3.63) is 70.4 Å². The van der Waals surface area contributed by atoms with Gasteiger partial charge in [0.1, 0.15) is 5.75 Å². The molecule has 1 aromatic heterocycles. The second-order valence-electron chi connectivity index (χ2n) is 5.20. The number of carbonyl (C=O) groups is 1. The lowest BCUT2D eigenvalue weighted by molar-refractivity contribution is 0.0724. The molecular weight excluding hydrogens is 314 g/mol. The first kappa shape index (κ1) is 15.3. The Kier molecular flexibility index (Phi) is 4.17. The van der Waals surface area contributed by atoms with Crippen LogP contribution in [0, 0.1) is 13.8 Å². The van der Waals surface area contributed by atoms with E-state index < -0.39 is 5.97 Å².